The Balaban J connectivity index is 2.30. The normalized spacial score (nSPS) is 12.4. The molecule has 2 rings (SSSR count). The zero-order valence-corrected chi connectivity index (χ0v) is 11.4. The molecule has 0 spiro atoms. The molecule has 0 bridgehead atoms. The summed E-state index contributed by atoms with van der Waals surface area (Å²) in [6, 6.07) is 11.6. The Morgan fingerprint density at radius 2 is 1.84 bits per heavy atom. The minimum Gasteiger partial charge on any atom is -0.324 e. The fraction of sp³-hybridized carbons (Fsp3) is 0.200. The molecule has 2 aromatic rings. The molecule has 0 fully saturated rings. The van der Waals surface area contributed by atoms with Gasteiger partial charge >= 0.3 is 0 Å². The van der Waals surface area contributed by atoms with Crippen LogP contribution in [0.25, 0.3) is 0 Å². The highest BCUT2D eigenvalue weighted by molar-refractivity contribution is 7.99. The van der Waals surface area contributed by atoms with E-state index in [1.165, 1.54) is 17.8 Å². The lowest BCUT2D eigenvalue weighted by molar-refractivity contribution is 0.506. The van der Waals surface area contributed by atoms with Gasteiger partial charge in [-0.15, -0.1) is 0 Å². The summed E-state index contributed by atoms with van der Waals surface area (Å²) >= 11 is 1.39. The lowest BCUT2D eigenvalue weighted by atomic mass is 10.1. The van der Waals surface area contributed by atoms with Crippen molar-refractivity contribution in [1.82, 2.24) is 0 Å². The van der Waals surface area contributed by atoms with Crippen LogP contribution in [0, 0.1) is 11.6 Å². The Hall–Kier alpha value is -1.39. The maximum Gasteiger partial charge on any atom is 0.159 e. The SMILES string of the molecule is CC[C@@H](N)c1ccccc1Sc1ccc(F)c(F)c1. The van der Waals surface area contributed by atoms with Crippen molar-refractivity contribution in [2.45, 2.75) is 29.2 Å². The average molecular weight is 279 g/mol. The van der Waals surface area contributed by atoms with Crippen molar-refractivity contribution in [3.8, 4) is 0 Å². The highest BCUT2D eigenvalue weighted by atomic mass is 32.2. The lowest BCUT2D eigenvalue weighted by Gasteiger charge is -2.14. The van der Waals surface area contributed by atoms with E-state index in [1.807, 2.05) is 31.2 Å². The zero-order valence-electron chi connectivity index (χ0n) is 10.6. The summed E-state index contributed by atoms with van der Waals surface area (Å²) in [5, 5.41) is 0. The van der Waals surface area contributed by atoms with Gasteiger partial charge in [0.05, 0.1) is 0 Å². The van der Waals surface area contributed by atoms with Crippen molar-refractivity contribution in [1.29, 1.82) is 0 Å². The molecular formula is C15H15F2NS. The van der Waals surface area contributed by atoms with E-state index >= 15 is 0 Å². The smallest absolute Gasteiger partial charge is 0.159 e. The third kappa shape index (κ3) is 3.33. The molecule has 0 aliphatic heterocycles. The van der Waals surface area contributed by atoms with Gasteiger partial charge in [-0.2, -0.15) is 0 Å². The molecular weight excluding hydrogens is 264 g/mol. The summed E-state index contributed by atoms with van der Waals surface area (Å²) in [5.74, 6) is -1.66. The minimum absolute atomic E-state index is 0.0472. The van der Waals surface area contributed by atoms with Crippen LogP contribution in [0.5, 0.6) is 0 Å². The van der Waals surface area contributed by atoms with Crippen LogP contribution in [0.4, 0.5) is 8.78 Å². The summed E-state index contributed by atoms with van der Waals surface area (Å²) in [6.45, 7) is 2.02. The Labute approximate surface area is 115 Å². The van der Waals surface area contributed by atoms with Gasteiger partial charge in [0.25, 0.3) is 0 Å². The summed E-state index contributed by atoms with van der Waals surface area (Å²) in [7, 11) is 0. The Morgan fingerprint density at radius 3 is 2.53 bits per heavy atom. The van der Waals surface area contributed by atoms with E-state index in [4.69, 9.17) is 5.73 Å². The first-order chi connectivity index (χ1) is 9.11. The predicted molar refractivity (Wildman–Crippen MR) is 74.1 cm³/mol. The first kappa shape index (κ1) is 14.0. The fourth-order valence-corrected chi connectivity index (χ4v) is 2.80. The highest BCUT2D eigenvalue weighted by Gasteiger charge is 2.11. The molecule has 1 atom stereocenters. The van der Waals surface area contributed by atoms with E-state index in [9.17, 15) is 8.78 Å². The molecule has 19 heavy (non-hydrogen) atoms. The maximum atomic E-state index is 13.2. The molecule has 0 unspecified atom stereocenters. The Kier molecular flexibility index (Phi) is 4.56. The molecule has 0 aliphatic carbocycles. The molecule has 100 valence electrons. The maximum absolute atomic E-state index is 13.2. The van der Waals surface area contributed by atoms with Crippen LogP contribution < -0.4 is 5.73 Å². The first-order valence-corrected chi connectivity index (χ1v) is 6.91. The van der Waals surface area contributed by atoms with Crippen LogP contribution in [0.3, 0.4) is 0 Å². The second-order valence-corrected chi connectivity index (χ2v) is 5.35. The van der Waals surface area contributed by atoms with Gasteiger partial charge in [-0.05, 0) is 36.2 Å². The van der Waals surface area contributed by atoms with Gasteiger partial charge in [-0.3, -0.25) is 0 Å². The number of hydrogen-bond acceptors (Lipinski definition) is 2. The van der Waals surface area contributed by atoms with Crippen molar-refractivity contribution < 1.29 is 8.78 Å². The molecule has 0 aliphatic rings. The van der Waals surface area contributed by atoms with Crippen molar-refractivity contribution in [2.24, 2.45) is 5.73 Å². The second-order valence-electron chi connectivity index (χ2n) is 4.23. The van der Waals surface area contributed by atoms with E-state index in [0.29, 0.717) is 4.90 Å². The van der Waals surface area contributed by atoms with Crippen molar-refractivity contribution in [2.75, 3.05) is 0 Å². The number of nitrogens with two attached hydrogens (primary N) is 1. The van der Waals surface area contributed by atoms with Crippen molar-refractivity contribution in [3.63, 3.8) is 0 Å². The van der Waals surface area contributed by atoms with E-state index < -0.39 is 11.6 Å². The molecule has 0 heterocycles. The summed E-state index contributed by atoms with van der Waals surface area (Å²) in [6.07, 6.45) is 0.829. The van der Waals surface area contributed by atoms with E-state index in [-0.39, 0.29) is 6.04 Å². The van der Waals surface area contributed by atoms with Gasteiger partial charge in [-0.25, -0.2) is 8.78 Å². The minimum atomic E-state index is -0.831. The Bertz CT molecular complexity index is 572. The van der Waals surface area contributed by atoms with E-state index in [2.05, 4.69) is 0 Å². The first-order valence-electron chi connectivity index (χ1n) is 6.09. The Morgan fingerprint density at radius 1 is 1.11 bits per heavy atom. The average Bonchev–Trinajstić information content (AvgIpc) is 2.43. The van der Waals surface area contributed by atoms with Gasteiger partial charge in [-0.1, -0.05) is 36.9 Å². The summed E-state index contributed by atoms with van der Waals surface area (Å²) in [4.78, 5) is 1.64. The zero-order chi connectivity index (χ0) is 13.8. The van der Waals surface area contributed by atoms with Gasteiger partial charge < -0.3 is 5.73 Å². The molecule has 2 aromatic carbocycles. The van der Waals surface area contributed by atoms with Crippen LogP contribution >= 0.6 is 11.8 Å². The van der Waals surface area contributed by atoms with Gasteiger partial charge in [0, 0.05) is 15.8 Å². The van der Waals surface area contributed by atoms with E-state index in [0.717, 1.165) is 22.9 Å². The molecule has 0 saturated carbocycles. The molecule has 0 aromatic heterocycles. The summed E-state index contributed by atoms with van der Waals surface area (Å²) < 4.78 is 26.1. The number of hydrogen-bond donors (Lipinski definition) is 1. The topological polar surface area (TPSA) is 26.0 Å². The highest BCUT2D eigenvalue weighted by Crippen LogP contribution is 2.33. The monoisotopic (exact) mass is 279 g/mol. The number of halogens is 2. The molecule has 0 saturated heterocycles. The third-order valence-electron chi connectivity index (χ3n) is 2.88. The van der Waals surface area contributed by atoms with Crippen molar-refractivity contribution in [3.05, 3.63) is 59.7 Å². The molecule has 0 radical (unpaired) electrons. The lowest BCUT2D eigenvalue weighted by Crippen LogP contribution is -2.09. The van der Waals surface area contributed by atoms with Gasteiger partial charge in [0.2, 0.25) is 0 Å². The molecule has 0 amide bonds. The number of rotatable bonds is 4. The molecule has 2 N–H and O–H groups in total. The third-order valence-corrected chi connectivity index (χ3v) is 3.96. The second kappa shape index (κ2) is 6.17. The summed E-state index contributed by atoms with van der Waals surface area (Å²) in [5.41, 5.74) is 7.08. The number of benzene rings is 2. The standard InChI is InChI=1S/C15H15F2NS/c1-2-14(18)11-5-3-4-6-15(11)19-10-7-8-12(16)13(17)9-10/h3-9,14H,2,18H2,1H3/t14-/m1/s1. The molecule has 1 nitrogen and oxygen atoms in total. The van der Waals surface area contributed by atoms with Gasteiger partial charge in [0.1, 0.15) is 0 Å². The fourth-order valence-electron chi connectivity index (χ4n) is 1.77. The van der Waals surface area contributed by atoms with Crippen LogP contribution in [-0.4, -0.2) is 0 Å². The largest absolute Gasteiger partial charge is 0.324 e. The van der Waals surface area contributed by atoms with Crippen LogP contribution in [-0.2, 0) is 0 Å². The quantitative estimate of drug-likeness (QED) is 0.890. The van der Waals surface area contributed by atoms with E-state index in [1.54, 1.807) is 6.07 Å². The predicted octanol–water partition coefficient (Wildman–Crippen LogP) is 4.53. The van der Waals surface area contributed by atoms with Crippen LogP contribution in [0.15, 0.2) is 52.3 Å². The van der Waals surface area contributed by atoms with Gasteiger partial charge in [0.15, 0.2) is 11.6 Å². The van der Waals surface area contributed by atoms with Crippen LogP contribution in [0.2, 0.25) is 0 Å². The van der Waals surface area contributed by atoms with Crippen molar-refractivity contribution >= 4 is 11.8 Å². The molecule has 4 heteroatoms. The van der Waals surface area contributed by atoms with Crippen LogP contribution in [0.1, 0.15) is 24.9 Å².